The Kier molecular flexibility index (Phi) is 4.64. The standard InChI is InChI=1S/C13H24O/c1-4-13(14)6-5-12-8-10(2)7-11(3)9-12/h10-12H,4-9H2,1-3H3. The fraction of sp³-hybridized carbons (Fsp3) is 0.923. The molecular weight excluding hydrogens is 172 g/mol. The summed E-state index contributed by atoms with van der Waals surface area (Å²) in [5.41, 5.74) is 0. The van der Waals surface area contributed by atoms with Gasteiger partial charge in [-0.25, -0.2) is 0 Å². The third-order valence-corrected chi connectivity index (χ3v) is 3.50. The highest BCUT2D eigenvalue weighted by Gasteiger charge is 2.23. The van der Waals surface area contributed by atoms with Gasteiger partial charge in [0.2, 0.25) is 0 Å². The van der Waals surface area contributed by atoms with Crippen LogP contribution in [0.15, 0.2) is 0 Å². The summed E-state index contributed by atoms with van der Waals surface area (Å²) in [6.07, 6.45) is 6.76. The third kappa shape index (κ3) is 3.81. The summed E-state index contributed by atoms with van der Waals surface area (Å²) < 4.78 is 0. The number of rotatable bonds is 4. The van der Waals surface area contributed by atoms with Gasteiger partial charge in [0.25, 0.3) is 0 Å². The molecule has 14 heavy (non-hydrogen) atoms. The first-order chi connectivity index (χ1) is 6.61. The van der Waals surface area contributed by atoms with Crippen LogP contribution in [0.4, 0.5) is 0 Å². The molecule has 0 aromatic rings. The van der Waals surface area contributed by atoms with Crippen LogP contribution in [0.3, 0.4) is 0 Å². The molecule has 0 bridgehead atoms. The largest absolute Gasteiger partial charge is 0.300 e. The Morgan fingerprint density at radius 3 is 2.21 bits per heavy atom. The van der Waals surface area contributed by atoms with Gasteiger partial charge in [0, 0.05) is 12.8 Å². The van der Waals surface area contributed by atoms with E-state index in [1.165, 1.54) is 19.3 Å². The monoisotopic (exact) mass is 196 g/mol. The summed E-state index contributed by atoms with van der Waals surface area (Å²) in [5, 5.41) is 0. The van der Waals surface area contributed by atoms with Crippen molar-refractivity contribution in [3.63, 3.8) is 0 Å². The summed E-state index contributed by atoms with van der Waals surface area (Å²) in [6.45, 7) is 6.67. The third-order valence-electron chi connectivity index (χ3n) is 3.50. The van der Waals surface area contributed by atoms with Crippen molar-refractivity contribution in [1.82, 2.24) is 0 Å². The van der Waals surface area contributed by atoms with Crippen LogP contribution < -0.4 is 0 Å². The van der Waals surface area contributed by atoms with Crippen LogP contribution in [0.2, 0.25) is 0 Å². The second-order valence-corrected chi connectivity index (χ2v) is 5.21. The van der Waals surface area contributed by atoms with Crippen LogP contribution in [-0.4, -0.2) is 5.78 Å². The van der Waals surface area contributed by atoms with Crippen molar-refractivity contribution in [2.75, 3.05) is 0 Å². The molecule has 0 spiro atoms. The molecule has 1 rings (SSSR count). The fourth-order valence-corrected chi connectivity index (χ4v) is 2.89. The molecule has 1 aliphatic carbocycles. The average molecular weight is 196 g/mol. The number of hydrogen-bond donors (Lipinski definition) is 0. The minimum absolute atomic E-state index is 0.441. The number of ketones is 1. The molecule has 0 radical (unpaired) electrons. The zero-order valence-electron chi connectivity index (χ0n) is 9.88. The van der Waals surface area contributed by atoms with E-state index in [1.54, 1.807) is 0 Å². The van der Waals surface area contributed by atoms with E-state index in [9.17, 15) is 4.79 Å². The molecule has 0 aliphatic heterocycles. The summed E-state index contributed by atoms with van der Waals surface area (Å²) in [4.78, 5) is 11.2. The van der Waals surface area contributed by atoms with E-state index in [4.69, 9.17) is 0 Å². The smallest absolute Gasteiger partial charge is 0.132 e. The predicted octanol–water partition coefficient (Wildman–Crippen LogP) is 3.82. The number of carbonyl (C=O) groups excluding carboxylic acids is 1. The quantitative estimate of drug-likeness (QED) is 0.668. The number of Topliss-reactive ketones (excluding diaryl/α,β-unsaturated/α-hetero) is 1. The Bertz CT molecular complexity index is 176. The molecule has 1 nitrogen and oxygen atoms in total. The Labute approximate surface area is 88.3 Å². The highest BCUT2D eigenvalue weighted by Crippen LogP contribution is 2.35. The topological polar surface area (TPSA) is 17.1 Å². The van der Waals surface area contributed by atoms with Gasteiger partial charge in [0.1, 0.15) is 5.78 Å². The molecule has 0 amide bonds. The van der Waals surface area contributed by atoms with Gasteiger partial charge >= 0.3 is 0 Å². The normalized spacial score (nSPS) is 32.9. The summed E-state index contributed by atoms with van der Waals surface area (Å²) in [5.74, 6) is 3.01. The minimum atomic E-state index is 0.441. The molecule has 82 valence electrons. The SMILES string of the molecule is CCC(=O)CCC1CC(C)CC(C)C1. The highest BCUT2D eigenvalue weighted by molar-refractivity contribution is 5.77. The zero-order valence-corrected chi connectivity index (χ0v) is 9.88. The van der Waals surface area contributed by atoms with Crippen molar-refractivity contribution in [2.24, 2.45) is 17.8 Å². The highest BCUT2D eigenvalue weighted by atomic mass is 16.1. The van der Waals surface area contributed by atoms with Gasteiger partial charge in [-0.05, 0) is 43.4 Å². The maximum atomic E-state index is 11.2. The lowest BCUT2D eigenvalue weighted by atomic mass is 9.75. The molecule has 0 saturated heterocycles. The second-order valence-electron chi connectivity index (χ2n) is 5.21. The molecule has 0 N–H and O–H groups in total. The molecule has 0 heterocycles. The van der Waals surface area contributed by atoms with Gasteiger partial charge in [-0.1, -0.05) is 20.8 Å². The van der Waals surface area contributed by atoms with Crippen molar-refractivity contribution in [3.05, 3.63) is 0 Å². The Balaban J connectivity index is 2.26. The molecule has 2 atom stereocenters. The van der Waals surface area contributed by atoms with Crippen molar-refractivity contribution < 1.29 is 4.79 Å². The van der Waals surface area contributed by atoms with E-state index >= 15 is 0 Å². The van der Waals surface area contributed by atoms with Crippen LogP contribution in [0.1, 0.15) is 59.3 Å². The predicted molar refractivity (Wildman–Crippen MR) is 60.2 cm³/mol. The molecule has 2 unspecified atom stereocenters. The summed E-state index contributed by atoms with van der Waals surface area (Å²) in [6, 6.07) is 0. The molecule has 0 aromatic carbocycles. The van der Waals surface area contributed by atoms with E-state index in [2.05, 4.69) is 13.8 Å². The van der Waals surface area contributed by atoms with Crippen LogP contribution >= 0.6 is 0 Å². The van der Waals surface area contributed by atoms with Gasteiger partial charge in [-0.15, -0.1) is 0 Å². The van der Waals surface area contributed by atoms with Crippen LogP contribution in [0, 0.1) is 17.8 Å². The zero-order chi connectivity index (χ0) is 10.6. The van der Waals surface area contributed by atoms with E-state index in [1.807, 2.05) is 6.92 Å². The molecule has 0 aromatic heterocycles. The van der Waals surface area contributed by atoms with Gasteiger partial charge in [-0.2, -0.15) is 0 Å². The molecule has 1 heteroatoms. The Morgan fingerprint density at radius 2 is 1.71 bits per heavy atom. The average Bonchev–Trinajstić information content (AvgIpc) is 2.12. The number of hydrogen-bond acceptors (Lipinski definition) is 1. The van der Waals surface area contributed by atoms with Crippen LogP contribution in [-0.2, 0) is 4.79 Å². The first-order valence-corrected chi connectivity index (χ1v) is 6.13. The van der Waals surface area contributed by atoms with Gasteiger partial charge in [-0.3, -0.25) is 4.79 Å². The van der Waals surface area contributed by atoms with Crippen molar-refractivity contribution in [1.29, 1.82) is 0 Å². The summed E-state index contributed by atoms with van der Waals surface area (Å²) >= 11 is 0. The van der Waals surface area contributed by atoms with Gasteiger partial charge in [0.15, 0.2) is 0 Å². The number of carbonyl (C=O) groups is 1. The Morgan fingerprint density at radius 1 is 1.14 bits per heavy atom. The first-order valence-electron chi connectivity index (χ1n) is 6.13. The fourth-order valence-electron chi connectivity index (χ4n) is 2.89. The molecule has 1 aliphatic rings. The van der Waals surface area contributed by atoms with Crippen LogP contribution in [0.25, 0.3) is 0 Å². The second kappa shape index (κ2) is 5.53. The minimum Gasteiger partial charge on any atom is -0.300 e. The maximum absolute atomic E-state index is 11.2. The summed E-state index contributed by atoms with van der Waals surface area (Å²) in [7, 11) is 0. The van der Waals surface area contributed by atoms with E-state index in [0.717, 1.165) is 37.0 Å². The lowest BCUT2D eigenvalue weighted by Gasteiger charge is -2.31. The molecule has 1 saturated carbocycles. The lowest BCUT2D eigenvalue weighted by molar-refractivity contribution is -0.119. The van der Waals surface area contributed by atoms with Crippen molar-refractivity contribution in [3.8, 4) is 0 Å². The lowest BCUT2D eigenvalue weighted by Crippen LogP contribution is -2.20. The van der Waals surface area contributed by atoms with E-state index in [0.29, 0.717) is 5.78 Å². The molecule has 1 fully saturated rings. The Hall–Kier alpha value is -0.330. The van der Waals surface area contributed by atoms with Crippen LogP contribution in [0.5, 0.6) is 0 Å². The maximum Gasteiger partial charge on any atom is 0.132 e. The van der Waals surface area contributed by atoms with Crippen molar-refractivity contribution >= 4 is 5.78 Å². The van der Waals surface area contributed by atoms with E-state index < -0.39 is 0 Å². The van der Waals surface area contributed by atoms with Crippen molar-refractivity contribution in [2.45, 2.75) is 59.3 Å². The first kappa shape index (κ1) is 11.7. The molecular formula is C13H24O. The van der Waals surface area contributed by atoms with Gasteiger partial charge in [0.05, 0.1) is 0 Å². The van der Waals surface area contributed by atoms with Gasteiger partial charge < -0.3 is 0 Å². The van der Waals surface area contributed by atoms with E-state index in [-0.39, 0.29) is 0 Å².